The monoisotopic (exact) mass is 281 g/mol. The average Bonchev–Trinajstić information content (AvgIpc) is 2.33. The van der Waals surface area contributed by atoms with Crippen molar-refractivity contribution in [1.29, 1.82) is 5.26 Å². The molecule has 0 aliphatic rings. The van der Waals surface area contributed by atoms with Crippen molar-refractivity contribution in [2.24, 2.45) is 0 Å². The van der Waals surface area contributed by atoms with E-state index in [4.69, 9.17) is 16.9 Å². The first kappa shape index (κ1) is 15.0. The van der Waals surface area contributed by atoms with Gasteiger partial charge in [-0.1, -0.05) is 11.6 Å². The van der Waals surface area contributed by atoms with Gasteiger partial charge in [-0.3, -0.25) is 4.79 Å². The van der Waals surface area contributed by atoms with Crippen molar-refractivity contribution in [3.8, 4) is 6.07 Å². The second-order valence-electron chi connectivity index (χ2n) is 4.07. The minimum absolute atomic E-state index is 0.0384. The van der Waals surface area contributed by atoms with Gasteiger partial charge in [0.05, 0.1) is 5.02 Å². The Hall–Kier alpha value is -2.06. The summed E-state index contributed by atoms with van der Waals surface area (Å²) in [6.07, 6.45) is 1.25. The second-order valence-corrected chi connectivity index (χ2v) is 4.48. The molecular weight excluding hydrogens is 269 g/mol. The molecule has 6 heteroatoms. The molecule has 100 valence electrons. The molecule has 1 rings (SSSR count). The Bertz CT molecular complexity index is 549. The summed E-state index contributed by atoms with van der Waals surface area (Å²) in [4.78, 5) is 11.6. The molecule has 0 unspecified atom stereocenters. The van der Waals surface area contributed by atoms with Crippen LogP contribution in [0.25, 0.3) is 0 Å². The van der Waals surface area contributed by atoms with E-state index in [0.717, 1.165) is 0 Å². The fraction of sp³-hybridized carbons (Fsp3) is 0.231. The zero-order valence-corrected chi connectivity index (χ0v) is 11.3. The van der Waals surface area contributed by atoms with Gasteiger partial charge in [-0.25, -0.2) is 4.39 Å². The van der Waals surface area contributed by atoms with E-state index in [-0.39, 0.29) is 16.6 Å². The number of nitrogens with zero attached hydrogens (tertiary/aromatic N) is 1. The van der Waals surface area contributed by atoms with Crippen LogP contribution in [0.4, 0.5) is 10.1 Å². The van der Waals surface area contributed by atoms with Crippen LogP contribution in [0.2, 0.25) is 5.02 Å². The number of rotatable bonds is 4. The van der Waals surface area contributed by atoms with Crippen molar-refractivity contribution in [3.63, 3.8) is 0 Å². The molecule has 1 amide bonds. The van der Waals surface area contributed by atoms with E-state index < -0.39 is 11.7 Å². The van der Waals surface area contributed by atoms with Crippen molar-refractivity contribution in [2.75, 3.05) is 5.32 Å². The van der Waals surface area contributed by atoms with Crippen LogP contribution in [0.3, 0.4) is 0 Å². The number of carbonyl (C=O) groups excluding carboxylic acids is 1. The largest absolute Gasteiger partial charge is 0.360 e. The summed E-state index contributed by atoms with van der Waals surface area (Å²) in [5.74, 6) is -1.01. The molecule has 0 saturated heterocycles. The van der Waals surface area contributed by atoms with Crippen LogP contribution in [0.1, 0.15) is 13.8 Å². The standard InChI is InChI=1S/C13H13ClFN3O/c1-8(2)18-13(19)9(6-16)7-17-10-3-4-12(15)11(14)5-10/h3-5,7-8,17H,1-2H3,(H,18,19)/b9-7-. The number of hydrogen-bond acceptors (Lipinski definition) is 3. The lowest BCUT2D eigenvalue weighted by Crippen LogP contribution is -2.31. The number of hydrogen-bond donors (Lipinski definition) is 2. The molecule has 0 heterocycles. The van der Waals surface area contributed by atoms with Crippen LogP contribution in [0.5, 0.6) is 0 Å². The van der Waals surface area contributed by atoms with E-state index in [2.05, 4.69) is 10.6 Å². The summed E-state index contributed by atoms with van der Waals surface area (Å²) in [6, 6.07) is 5.73. The summed E-state index contributed by atoms with van der Waals surface area (Å²) in [5, 5.41) is 14.2. The maximum Gasteiger partial charge on any atom is 0.263 e. The Balaban J connectivity index is 2.80. The third-order valence-electron chi connectivity index (χ3n) is 2.09. The maximum atomic E-state index is 12.9. The van der Waals surface area contributed by atoms with Gasteiger partial charge in [0.25, 0.3) is 5.91 Å². The Labute approximate surface area is 115 Å². The van der Waals surface area contributed by atoms with Crippen molar-refractivity contribution in [2.45, 2.75) is 19.9 Å². The van der Waals surface area contributed by atoms with Crippen molar-refractivity contribution >= 4 is 23.2 Å². The van der Waals surface area contributed by atoms with Gasteiger partial charge in [0.2, 0.25) is 0 Å². The first-order valence-electron chi connectivity index (χ1n) is 5.56. The van der Waals surface area contributed by atoms with Crippen LogP contribution in [-0.2, 0) is 4.79 Å². The Morgan fingerprint density at radius 1 is 1.53 bits per heavy atom. The molecule has 19 heavy (non-hydrogen) atoms. The zero-order valence-electron chi connectivity index (χ0n) is 10.5. The average molecular weight is 282 g/mol. The van der Waals surface area contributed by atoms with Crippen LogP contribution in [-0.4, -0.2) is 11.9 Å². The van der Waals surface area contributed by atoms with E-state index in [1.54, 1.807) is 19.9 Å². The van der Waals surface area contributed by atoms with Gasteiger partial charge in [-0.15, -0.1) is 0 Å². The SMILES string of the molecule is CC(C)NC(=O)/C(C#N)=C\Nc1ccc(F)c(Cl)c1. The highest BCUT2D eigenvalue weighted by Crippen LogP contribution is 2.19. The topological polar surface area (TPSA) is 64.9 Å². The molecule has 0 fully saturated rings. The molecule has 4 nitrogen and oxygen atoms in total. The van der Waals surface area contributed by atoms with Crippen LogP contribution < -0.4 is 10.6 Å². The lowest BCUT2D eigenvalue weighted by atomic mass is 10.2. The molecule has 0 aliphatic heterocycles. The van der Waals surface area contributed by atoms with E-state index in [1.165, 1.54) is 24.4 Å². The number of anilines is 1. The van der Waals surface area contributed by atoms with Crippen LogP contribution >= 0.6 is 11.6 Å². The molecule has 0 bridgehead atoms. The fourth-order valence-electron chi connectivity index (χ4n) is 1.23. The predicted molar refractivity (Wildman–Crippen MR) is 72.0 cm³/mol. The van der Waals surface area contributed by atoms with E-state index in [9.17, 15) is 9.18 Å². The molecule has 0 aromatic heterocycles. The molecule has 0 saturated carbocycles. The normalized spacial score (nSPS) is 11.1. The van der Waals surface area contributed by atoms with Crippen LogP contribution in [0, 0.1) is 17.1 Å². The molecule has 2 N–H and O–H groups in total. The minimum atomic E-state index is -0.533. The quantitative estimate of drug-likeness (QED) is 0.659. The molecule has 0 atom stereocenters. The lowest BCUT2D eigenvalue weighted by Gasteiger charge is -2.07. The van der Waals surface area contributed by atoms with Gasteiger partial charge < -0.3 is 10.6 Å². The van der Waals surface area contributed by atoms with E-state index in [0.29, 0.717) is 5.69 Å². The van der Waals surface area contributed by atoms with Crippen molar-refractivity contribution in [1.82, 2.24) is 5.32 Å². The molecule has 1 aromatic rings. The van der Waals surface area contributed by atoms with Crippen molar-refractivity contribution in [3.05, 3.63) is 40.8 Å². The maximum absolute atomic E-state index is 12.9. The molecule has 0 radical (unpaired) electrons. The number of carbonyl (C=O) groups is 1. The second kappa shape index (κ2) is 6.76. The smallest absolute Gasteiger partial charge is 0.263 e. The lowest BCUT2D eigenvalue weighted by molar-refractivity contribution is -0.117. The summed E-state index contributed by atoms with van der Waals surface area (Å²) in [5.41, 5.74) is 0.408. The first-order valence-corrected chi connectivity index (χ1v) is 5.94. The molecule has 0 aliphatic carbocycles. The van der Waals surface area contributed by atoms with Crippen molar-refractivity contribution < 1.29 is 9.18 Å². The van der Waals surface area contributed by atoms with Gasteiger partial charge in [0.1, 0.15) is 17.5 Å². The van der Waals surface area contributed by atoms with Crippen LogP contribution in [0.15, 0.2) is 30.0 Å². The van der Waals surface area contributed by atoms with Gasteiger partial charge in [-0.05, 0) is 32.0 Å². The molecular formula is C13H13ClFN3O. The van der Waals surface area contributed by atoms with Gasteiger partial charge >= 0.3 is 0 Å². The third-order valence-corrected chi connectivity index (χ3v) is 2.38. The highest BCUT2D eigenvalue weighted by atomic mass is 35.5. The van der Waals surface area contributed by atoms with Gasteiger partial charge in [0, 0.05) is 17.9 Å². The Morgan fingerprint density at radius 3 is 2.74 bits per heavy atom. The predicted octanol–water partition coefficient (Wildman–Crippen LogP) is 2.82. The summed E-state index contributed by atoms with van der Waals surface area (Å²) < 4.78 is 12.9. The molecule has 1 aromatic carbocycles. The Morgan fingerprint density at radius 2 is 2.21 bits per heavy atom. The Kier molecular flexibility index (Phi) is 5.34. The molecule has 0 spiro atoms. The van der Waals surface area contributed by atoms with Gasteiger partial charge in [0.15, 0.2) is 0 Å². The first-order chi connectivity index (χ1) is 8.93. The summed E-state index contributed by atoms with van der Waals surface area (Å²) in [7, 11) is 0. The highest BCUT2D eigenvalue weighted by molar-refractivity contribution is 6.31. The third kappa shape index (κ3) is 4.60. The van der Waals surface area contributed by atoms with E-state index in [1.807, 2.05) is 0 Å². The number of nitriles is 1. The summed E-state index contributed by atoms with van der Waals surface area (Å²) >= 11 is 5.61. The number of nitrogens with one attached hydrogen (secondary N) is 2. The fourth-order valence-corrected chi connectivity index (χ4v) is 1.41. The van der Waals surface area contributed by atoms with Gasteiger partial charge in [-0.2, -0.15) is 5.26 Å². The highest BCUT2D eigenvalue weighted by Gasteiger charge is 2.09. The number of amides is 1. The number of benzene rings is 1. The number of halogens is 2. The summed E-state index contributed by atoms with van der Waals surface area (Å²) in [6.45, 7) is 3.58. The minimum Gasteiger partial charge on any atom is -0.360 e. The van der Waals surface area contributed by atoms with E-state index >= 15 is 0 Å². The zero-order chi connectivity index (χ0) is 14.4.